The molecule has 2 aliphatic rings. The number of nitrogen functional groups attached to an aromatic ring is 1. The van der Waals surface area contributed by atoms with Gasteiger partial charge in [0.25, 0.3) is 0 Å². The van der Waals surface area contributed by atoms with Crippen molar-refractivity contribution in [1.29, 1.82) is 0 Å². The number of nitrogens with zero attached hydrogens (tertiary/aromatic N) is 1. The molecular weight excluding hydrogens is 373 g/mol. The molecule has 1 aromatic carbocycles. The number of ether oxygens (including phenoxy) is 1. The van der Waals surface area contributed by atoms with E-state index in [1.165, 1.54) is 18.4 Å². The second-order valence-corrected chi connectivity index (χ2v) is 7.05. The lowest BCUT2D eigenvalue weighted by atomic mass is 9.90. The molecule has 1 saturated carbocycles. The van der Waals surface area contributed by atoms with Gasteiger partial charge in [-0.25, -0.2) is 0 Å². The van der Waals surface area contributed by atoms with Crippen molar-refractivity contribution >= 4 is 36.4 Å². The Morgan fingerprint density at radius 1 is 1.12 bits per heavy atom. The first-order valence-electron chi connectivity index (χ1n) is 9.12. The van der Waals surface area contributed by atoms with E-state index in [2.05, 4.69) is 10.2 Å². The van der Waals surface area contributed by atoms with Crippen molar-refractivity contribution in [1.82, 2.24) is 10.2 Å². The van der Waals surface area contributed by atoms with Gasteiger partial charge in [0, 0.05) is 37.3 Å². The lowest BCUT2D eigenvalue weighted by Gasteiger charge is -2.43. The smallest absolute Gasteiger partial charge is 0.221 e. The number of hydrogen-bond acceptors (Lipinski definition) is 4. The molecule has 5 nitrogen and oxygen atoms in total. The van der Waals surface area contributed by atoms with Crippen LogP contribution in [0.15, 0.2) is 24.3 Å². The molecule has 1 amide bonds. The Hall–Kier alpha value is -1.01. The number of morpholine rings is 1. The van der Waals surface area contributed by atoms with Crippen LogP contribution in [0.1, 0.15) is 37.7 Å². The lowest BCUT2D eigenvalue weighted by molar-refractivity contribution is -0.125. The summed E-state index contributed by atoms with van der Waals surface area (Å²) in [6, 6.07) is 7.85. The van der Waals surface area contributed by atoms with Crippen molar-refractivity contribution in [2.24, 2.45) is 0 Å². The van der Waals surface area contributed by atoms with E-state index >= 15 is 0 Å². The van der Waals surface area contributed by atoms with E-state index in [0.717, 1.165) is 51.3 Å². The fourth-order valence-corrected chi connectivity index (χ4v) is 4.07. The molecular formula is C19H31Cl2N3O2. The molecule has 26 heavy (non-hydrogen) atoms. The highest BCUT2D eigenvalue weighted by molar-refractivity contribution is 5.85. The van der Waals surface area contributed by atoms with Gasteiger partial charge < -0.3 is 15.8 Å². The number of nitrogens with two attached hydrogens (primary N) is 1. The minimum absolute atomic E-state index is 0. The van der Waals surface area contributed by atoms with Gasteiger partial charge in [0.15, 0.2) is 0 Å². The molecule has 0 bridgehead atoms. The van der Waals surface area contributed by atoms with E-state index in [4.69, 9.17) is 10.5 Å². The van der Waals surface area contributed by atoms with Crippen LogP contribution in [0.4, 0.5) is 5.69 Å². The normalized spacial score (nSPS) is 19.2. The number of amides is 1. The summed E-state index contributed by atoms with van der Waals surface area (Å²) in [6.45, 7) is 4.18. The molecule has 148 valence electrons. The first-order chi connectivity index (χ1) is 11.7. The van der Waals surface area contributed by atoms with E-state index in [1.807, 2.05) is 24.3 Å². The van der Waals surface area contributed by atoms with E-state index in [9.17, 15) is 4.79 Å². The van der Waals surface area contributed by atoms with Crippen LogP contribution < -0.4 is 11.1 Å². The molecule has 0 radical (unpaired) electrons. The summed E-state index contributed by atoms with van der Waals surface area (Å²) in [5.41, 5.74) is 7.74. The Morgan fingerprint density at radius 2 is 1.73 bits per heavy atom. The molecule has 0 spiro atoms. The van der Waals surface area contributed by atoms with Crippen molar-refractivity contribution in [3.8, 4) is 0 Å². The third-order valence-electron chi connectivity index (χ3n) is 5.42. The van der Waals surface area contributed by atoms with Gasteiger partial charge in [-0.1, -0.05) is 25.0 Å². The van der Waals surface area contributed by atoms with Crippen molar-refractivity contribution in [3.63, 3.8) is 0 Å². The molecule has 0 aromatic heterocycles. The Morgan fingerprint density at radius 3 is 2.35 bits per heavy atom. The number of nitrogens with one attached hydrogen (secondary N) is 1. The summed E-state index contributed by atoms with van der Waals surface area (Å²) in [6.07, 6.45) is 6.20. The van der Waals surface area contributed by atoms with Crippen LogP contribution >= 0.6 is 24.8 Å². The first-order valence-corrected chi connectivity index (χ1v) is 9.12. The summed E-state index contributed by atoms with van der Waals surface area (Å²) in [7, 11) is 0. The minimum atomic E-state index is 0. The third kappa shape index (κ3) is 6.02. The van der Waals surface area contributed by atoms with E-state index in [0.29, 0.717) is 13.0 Å². The van der Waals surface area contributed by atoms with Gasteiger partial charge in [-0.05, 0) is 37.0 Å². The molecule has 1 saturated heterocycles. The fourth-order valence-electron chi connectivity index (χ4n) is 4.07. The van der Waals surface area contributed by atoms with E-state index in [1.54, 1.807) is 0 Å². The zero-order valence-electron chi connectivity index (χ0n) is 15.2. The van der Waals surface area contributed by atoms with E-state index < -0.39 is 0 Å². The maximum Gasteiger partial charge on any atom is 0.221 e. The van der Waals surface area contributed by atoms with Crippen LogP contribution in [0.25, 0.3) is 0 Å². The topological polar surface area (TPSA) is 67.6 Å². The molecule has 1 aromatic rings. The maximum absolute atomic E-state index is 12.5. The Labute approximate surface area is 168 Å². The molecule has 2 fully saturated rings. The second-order valence-electron chi connectivity index (χ2n) is 7.05. The molecule has 1 aliphatic heterocycles. The summed E-state index contributed by atoms with van der Waals surface area (Å²) < 4.78 is 5.48. The van der Waals surface area contributed by atoms with Crippen LogP contribution in [-0.2, 0) is 16.0 Å². The fraction of sp³-hybridized carbons (Fsp3) is 0.632. The van der Waals surface area contributed by atoms with Gasteiger partial charge >= 0.3 is 0 Å². The van der Waals surface area contributed by atoms with Crippen molar-refractivity contribution in [3.05, 3.63) is 29.8 Å². The highest BCUT2D eigenvalue weighted by Crippen LogP contribution is 2.38. The number of carbonyl (C=O) groups is 1. The minimum Gasteiger partial charge on any atom is -0.399 e. The molecule has 1 heterocycles. The van der Waals surface area contributed by atoms with Gasteiger partial charge in [-0.2, -0.15) is 0 Å². The van der Waals surface area contributed by atoms with Gasteiger partial charge in [0.2, 0.25) is 5.91 Å². The summed E-state index contributed by atoms with van der Waals surface area (Å²) in [5, 5.41) is 3.11. The van der Waals surface area contributed by atoms with Crippen LogP contribution in [0.3, 0.4) is 0 Å². The van der Waals surface area contributed by atoms with Crippen LogP contribution in [0.2, 0.25) is 0 Å². The monoisotopic (exact) mass is 403 g/mol. The van der Waals surface area contributed by atoms with Gasteiger partial charge in [-0.3, -0.25) is 9.69 Å². The Balaban J connectivity index is 0.00000169. The largest absolute Gasteiger partial charge is 0.399 e. The number of carbonyl (C=O) groups excluding carboxylic acids is 1. The second kappa shape index (κ2) is 11.0. The molecule has 0 atom stereocenters. The predicted molar refractivity (Wildman–Crippen MR) is 110 cm³/mol. The van der Waals surface area contributed by atoms with Gasteiger partial charge in [-0.15, -0.1) is 24.8 Å². The maximum atomic E-state index is 12.5. The molecule has 3 rings (SSSR count). The first kappa shape index (κ1) is 23.0. The number of rotatable bonds is 6. The average Bonchev–Trinajstić information content (AvgIpc) is 3.07. The zero-order valence-corrected chi connectivity index (χ0v) is 16.9. The summed E-state index contributed by atoms with van der Waals surface area (Å²) >= 11 is 0. The van der Waals surface area contributed by atoms with Crippen LogP contribution in [-0.4, -0.2) is 49.2 Å². The van der Waals surface area contributed by atoms with Crippen molar-refractivity contribution in [2.75, 3.05) is 38.6 Å². The molecule has 3 N–H and O–H groups in total. The van der Waals surface area contributed by atoms with E-state index in [-0.39, 0.29) is 36.3 Å². The van der Waals surface area contributed by atoms with Crippen molar-refractivity contribution in [2.45, 2.75) is 44.1 Å². The highest BCUT2D eigenvalue weighted by Gasteiger charge is 2.41. The Kier molecular flexibility index (Phi) is 9.72. The SMILES string of the molecule is Cl.Cl.Nc1ccc(CCNC(=O)CC2(N3CCOCC3)CCCC2)cc1. The molecule has 1 aliphatic carbocycles. The number of benzene rings is 1. The van der Waals surface area contributed by atoms with Gasteiger partial charge in [0.1, 0.15) is 0 Å². The van der Waals surface area contributed by atoms with Crippen molar-refractivity contribution < 1.29 is 9.53 Å². The predicted octanol–water partition coefficient (Wildman–Crippen LogP) is 2.81. The summed E-state index contributed by atoms with van der Waals surface area (Å²) in [5.74, 6) is 0.179. The zero-order chi connectivity index (χ0) is 16.8. The highest BCUT2D eigenvalue weighted by atomic mass is 35.5. The summed E-state index contributed by atoms with van der Waals surface area (Å²) in [4.78, 5) is 15.0. The Bertz CT molecular complexity index is 542. The molecule has 0 unspecified atom stereocenters. The average molecular weight is 404 g/mol. The lowest BCUT2D eigenvalue weighted by Crippen LogP contribution is -2.54. The van der Waals surface area contributed by atoms with Gasteiger partial charge in [0.05, 0.1) is 13.2 Å². The standard InChI is InChI=1S/C19H29N3O2.2ClH/c20-17-5-3-16(4-6-17)7-10-21-18(23)15-19(8-1-2-9-19)22-11-13-24-14-12-22;;/h3-6H,1-2,7-15,20H2,(H,21,23);2*1H. The van der Waals surface area contributed by atoms with Crippen LogP contribution in [0.5, 0.6) is 0 Å². The van der Waals surface area contributed by atoms with Crippen LogP contribution in [0, 0.1) is 0 Å². The quantitative estimate of drug-likeness (QED) is 0.716. The number of anilines is 1. The third-order valence-corrected chi connectivity index (χ3v) is 5.42. The number of halogens is 2. The molecule has 7 heteroatoms. The number of hydrogen-bond donors (Lipinski definition) is 2.